The minimum atomic E-state index is -4.87. The van der Waals surface area contributed by atoms with Crippen molar-refractivity contribution >= 4 is 16.2 Å². The van der Waals surface area contributed by atoms with Crippen LogP contribution in [-0.2, 0) is 66.7 Å². The third kappa shape index (κ3) is 13.1. The van der Waals surface area contributed by atoms with Gasteiger partial charge in [-0.3, -0.25) is 9.35 Å². The van der Waals surface area contributed by atoms with Crippen LogP contribution >= 0.6 is 0 Å². The molecule has 0 aromatic heterocycles. The Hall–Kier alpha value is -1.60. The number of carbonyl (C=O) groups excluding carboxylic acids is 1. The van der Waals surface area contributed by atoms with Gasteiger partial charge in [0.2, 0.25) is 0 Å². The molecule has 5 aliphatic heterocycles. The lowest BCUT2D eigenvalue weighted by Crippen LogP contribution is -2.66. The Labute approximate surface area is 489 Å². The topological polar surface area (TPSA) is 416 Å². The van der Waals surface area contributed by atoms with Gasteiger partial charge in [0.25, 0.3) is 0 Å². The number of hydrogen-bond donors (Lipinski definition) is 13. The van der Waals surface area contributed by atoms with E-state index in [4.69, 9.17) is 51.6 Å². The van der Waals surface area contributed by atoms with E-state index in [0.717, 1.165) is 12.0 Å². The second kappa shape index (κ2) is 25.6. The van der Waals surface area contributed by atoms with E-state index in [1.54, 1.807) is 6.92 Å². The normalized spacial score (nSPS) is 51.7. The van der Waals surface area contributed by atoms with Crippen LogP contribution in [0.2, 0.25) is 0 Å². The van der Waals surface area contributed by atoms with E-state index in [2.05, 4.69) is 19.9 Å². The number of ketones is 1. The fourth-order valence-electron chi connectivity index (χ4n) is 15.7. The molecule has 0 aromatic rings. The van der Waals surface area contributed by atoms with Gasteiger partial charge in [-0.15, -0.1) is 0 Å². The molecule has 9 aliphatic rings. The van der Waals surface area contributed by atoms with Crippen LogP contribution in [0.15, 0.2) is 11.6 Å². The van der Waals surface area contributed by atoms with E-state index in [1.165, 1.54) is 27.7 Å². The summed E-state index contributed by atoms with van der Waals surface area (Å²) in [4.78, 5) is 13.2. The standard InChI is InChI=1S/C56H92O27S/c1-21(2)16-26(57)19-56(9,69)34-11-10-29-28-18-32(31-17-27(83-84(70,71)72)12-14-54(31,7)30(28)13-15-55(29,34)8)78-51-45(68)46(38(61)25(6)76-51)80-52-47(81-49-43(66)40(63)35(58)22(3)74-49)39(62)33(20-73-52)79-53-48(42(65)37(60)24(5)77-53)82-50-44(67)41(64)36(59)23(4)75-50/h13,21-25,27-29,31-53,58-69H,10-12,14-20H2,1-9H3,(H,70,71,72)/t22-,23-,24-,25-,27+,28+,29+,31?,32+,33-,34+,35-,36+,37+,38-,39+,40+,41+,42+,43-,44-,45-,46+,47-,48-,49+,50+,51+,52+,53+,54-,55+,56+/m1/s1. The summed E-state index contributed by atoms with van der Waals surface area (Å²) in [7, 11) is -4.87. The molecule has 33 atom stereocenters. The van der Waals surface area contributed by atoms with Gasteiger partial charge in [-0.25, -0.2) is 4.18 Å². The van der Waals surface area contributed by atoms with Gasteiger partial charge in [0.1, 0.15) is 97.3 Å². The Balaban J connectivity index is 0.978. The lowest BCUT2D eigenvalue weighted by molar-refractivity contribution is -0.397. The second-order valence-electron chi connectivity index (χ2n) is 26.7. The van der Waals surface area contributed by atoms with Gasteiger partial charge in [-0.2, -0.15) is 8.42 Å². The van der Waals surface area contributed by atoms with Crippen LogP contribution in [0.3, 0.4) is 0 Å². The number of hydrogen-bond acceptors (Lipinski definition) is 26. The molecular weight excluding hydrogens is 1140 g/mol. The predicted octanol–water partition coefficient (Wildman–Crippen LogP) is -1.65. The van der Waals surface area contributed by atoms with Gasteiger partial charge in [0.15, 0.2) is 31.5 Å². The number of fused-ring (bicyclic) bond motifs is 5. The molecule has 1 unspecified atom stereocenters. The monoisotopic (exact) mass is 1230 g/mol. The highest BCUT2D eigenvalue weighted by Gasteiger charge is 2.64. The SMILES string of the molecule is CC(C)CC(=O)C[C@](C)(O)[C@H]1CC[C@H]2[C@@H]3C[C@H](O[C@@H]4O[C@H](C)[C@@H](O)[C@H](O[C@@H]5OC[C@@H](O[C@@H]6O[C@H](C)[C@H](O)[C@H](O)[C@H]6O[C@@H]6O[C@H](C)[C@H](O)[C@H](O)[C@H]6O)[C@H](O)[C@H]5O[C@@H]5O[C@H](C)[C@@H](O)[C@H](O)[C@H]5O)[C@H]4O)C4C[C@@H](OS(=O)(=O)O)CC[C@]4(C)C3=CC[C@@]21C. The molecule has 84 heavy (non-hydrogen) atoms. The molecule has 27 nitrogen and oxygen atoms in total. The van der Waals surface area contributed by atoms with Gasteiger partial charge >= 0.3 is 10.4 Å². The van der Waals surface area contributed by atoms with Gasteiger partial charge in [0, 0.05) is 12.8 Å². The summed E-state index contributed by atoms with van der Waals surface area (Å²) in [6.45, 7) is 15.0. The molecule has 28 heteroatoms. The van der Waals surface area contributed by atoms with Crippen molar-refractivity contribution in [1.29, 1.82) is 0 Å². The molecular formula is C56H92O27S. The van der Waals surface area contributed by atoms with Crippen LogP contribution in [0.4, 0.5) is 0 Å². The highest BCUT2D eigenvalue weighted by Crippen LogP contribution is 2.67. The lowest BCUT2D eigenvalue weighted by atomic mass is 9.47. The fraction of sp³-hybridized carbons (Fsp3) is 0.946. The number of aliphatic hydroxyl groups excluding tert-OH is 11. The Bertz CT molecular complexity index is 2400. The molecule has 8 fully saturated rings. The van der Waals surface area contributed by atoms with Crippen LogP contribution in [0.1, 0.15) is 120 Å². The minimum absolute atomic E-state index is 0.00676. The molecule has 5 heterocycles. The molecule has 0 spiro atoms. The van der Waals surface area contributed by atoms with Crippen molar-refractivity contribution in [3.63, 3.8) is 0 Å². The second-order valence-corrected chi connectivity index (χ2v) is 27.7. The Morgan fingerprint density at radius 1 is 0.619 bits per heavy atom. The van der Waals surface area contributed by atoms with E-state index in [-0.39, 0.29) is 48.7 Å². The first-order valence-corrected chi connectivity index (χ1v) is 31.1. The van der Waals surface area contributed by atoms with Crippen molar-refractivity contribution in [3.8, 4) is 0 Å². The number of aliphatic hydroxyl groups is 12. The first kappa shape index (κ1) is 66.8. The van der Waals surface area contributed by atoms with Crippen LogP contribution in [0, 0.1) is 40.4 Å². The molecule has 5 saturated heterocycles. The Kier molecular flexibility index (Phi) is 20.4. The van der Waals surface area contributed by atoms with E-state index >= 15 is 0 Å². The highest BCUT2D eigenvalue weighted by atomic mass is 32.3. The molecule has 9 rings (SSSR count). The van der Waals surface area contributed by atoms with Crippen molar-refractivity contribution in [2.45, 2.75) is 285 Å². The maximum Gasteiger partial charge on any atom is 0.397 e. The largest absolute Gasteiger partial charge is 0.397 e. The lowest BCUT2D eigenvalue weighted by Gasteiger charge is -2.60. The molecule has 13 N–H and O–H groups in total. The molecule has 0 radical (unpaired) electrons. The average Bonchev–Trinajstić information content (AvgIpc) is 1.36. The van der Waals surface area contributed by atoms with Crippen LogP contribution in [0.25, 0.3) is 0 Å². The summed E-state index contributed by atoms with van der Waals surface area (Å²) in [5.41, 5.74) is -1.22. The van der Waals surface area contributed by atoms with Crippen molar-refractivity contribution in [2.75, 3.05) is 6.61 Å². The fourth-order valence-corrected chi connectivity index (χ4v) is 16.2. The molecule has 0 bridgehead atoms. The zero-order valence-electron chi connectivity index (χ0n) is 49.0. The van der Waals surface area contributed by atoms with Crippen molar-refractivity contribution in [2.24, 2.45) is 40.4 Å². The number of ether oxygens (including phenoxy) is 10. The molecule has 0 aromatic carbocycles. The van der Waals surface area contributed by atoms with Crippen LogP contribution < -0.4 is 0 Å². The summed E-state index contributed by atoms with van der Waals surface area (Å²) < 4.78 is 101. The number of rotatable bonds is 17. The molecule has 0 amide bonds. The maximum atomic E-state index is 13.2. The van der Waals surface area contributed by atoms with Crippen LogP contribution in [-0.4, -0.2) is 252 Å². The summed E-state index contributed by atoms with van der Waals surface area (Å²) in [6, 6.07) is 0. The van der Waals surface area contributed by atoms with Gasteiger partial charge < -0.3 is 109 Å². The Morgan fingerprint density at radius 2 is 1.13 bits per heavy atom. The zero-order valence-corrected chi connectivity index (χ0v) is 49.8. The van der Waals surface area contributed by atoms with Gasteiger partial charge in [-0.05, 0) is 120 Å². The average molecular weight is 1230 g/mol. The number of Topliss-reactive ketones (excluding diaryl/α,β-unsaturated/α-hetero) is 1. The zero-order chi connectivity index (χ0) is 61.6. The molecule has 3 saturated carbocycles. The highest BCUT2D eigenvalue weighted by molar-refractivity contribution is 7.80. The number of allylic oxidation sites excluding steroid dienone is 2. The van der Waals surface area contributed by atoms with Gasteiger partial charge in [-0.1, -0.05) is 39.3 Å². The molecule has 484 valence electrons. The van der Waals surface area contributed by atoms with Crippen molar-refractivity contribution in [3.05, 3.63) is 11.6 Å². The van der Waals surface area contributed by atoms with Crippen molar-refractivity contribution in [1.82, 2.24) is 0 Å². The summed E-state index contributed by atoms with van der Waals surface area (Å²) in [5.74, 6) is -0.738. The summed E-state index contributed by atoms with van der Waals surface area (Å²) in [6.07, 6.45) is -35.2. The first-order valence-electron chi connectivity index (χ1n) is 29.7. The minimum Gasteiger partial charge on any atom is -0.389 e. The van der Waals surface area contributed by atoms with Crippen LogP contribution in [0.5, 0.6) is 0 Å². The number of carbonyl (C=O) groups is 1. The summed E-state index contributed by atoms with van der Waals surface area (Å²) >= 11 is 0. The first-order chi connectivity index (χ1) is 39.1. The molecule has 4 aliphatic carbocycles. The van der Waals surface area contributed by atoms with Crippen molar-refractivity contribution < 1.29 is 131 Å². The third-order valence-electron chi connectivity index (χ3n) is 20.3. The smallest absolute Gasteiger partial charge is 0.389 e. The maximum absolute atomic E-state index is 13.2. The predicted molar refractivity (Wildman–Crippen MR) is 284 cm³/mol. The summed E-state index contributed by atoms with van der Waals surface area (Å²) in [5, 5.41) is 135. The van der Waals surface area contributed by atoms with E-state index in [1.807, 2.05) is 13.8 Å². The Morgan fingerprint density at radius 3 is 1.70 bits per heavy atom. The van der Waals surface area contributed by atoms with Gasteiger partial charge in [0.05, 0.1) is 48.8 Å². The van der Waals surface area contributed by atoms with E-state index in [9.17, 15) is 79.0 Å². The third-order valence-corrected chi connectivity index (χ3v) is 20.8. The van der Waals surface area contributed by atoms with E-state index < -0.39 is 199 Å². The van der Waals surface area contributed by atoms with E-state index in [0.29, 0.717) is 32.1 Å². The quantitative estimate of drug-likeness (QED) is 0.0573.